The number of methoxy groups -OCH3 is 1. The van der Waals surface area contributed by atoms with Gasteiger partial charge in [-0.1, -0.05) is 43.0 Å². The van der Waals surface area contributed by atoms with E-state index in [1.807, 2.05) is 12.1 Å². The quantitative estimate of drug-likeness (QED) is 0.0868. The summed E-state index contributed by atoms with van der Waals surface area (Å²) in [5.74, 6) is 2.26. The van der Waals surface area contributed by atoms with Crippen molar-refractivity contribution >= 4 is 28.9 Å². The number of ether oxygens (including phenoxy) is 3. The molecule has 0 bridgehead atoms. The summed E-state index contributed by atoms with van der Waals surface area (Å²) in [4.78, 5) is 10.4. The largest absolute Gasteiger partial charge is 0.493 e. The molecule has 1 aliphatic carbocycles. The summed E-state index contributed by atoms with van der Waals surface area (Å²) >= 11 is 6.50. The molecular formula is C30H29ClN2O5. The van der Waals surface area contributed by atoms with Gasteiger partial charge in [-0.15, -0.1) is 0 Å². The van der Waals surface area contributed by atoms with Gasteiger partial charge < -0.3 is 14.2 Å². The van der Waals surface area contributed by atoms with Crippen molar-refractivity contribution in [1.29, 1.82) is 5.26 Å². The molecule has 0 aromatic heterocycles. The summed E-state index contributed by atoms with van der Waals surface area (Å²) in [5, 5.41) is 20.9. The van der Waals surface area contributed by atoms with Crippen LogP contribution in [-0.2, 0) is 0 Å². The Hall–Kier alpha value is -4.02. The van der Waals surface area contributed by atoms with Gasteiger partial charge in [0.1, 0.15) is 19.0 Å². The minimum absolute atomic E-state index is 0.0438. The van der Waals surface area contributed by atoms with E-state index in [1.54, 1.807) is 18.2 Å². The average Bonchev–Trinajstić information content (AvgIpc) is 2.95. The highest BCUT2D eigenvalue weighted by atomic mass is 35.5. The number of hydrogen-bond donors (Lipinski definition) is 0. The number of halogens is 1. The van der Waals surface area contributed by atoms with Gasteiger partial charge >= 0.3 is 0 Å². The number of nitrogens with zero attached hydrogens (tertiary/aromatic N) is 2. The molecule has 0 heterocycles. The van der Waals surface area contributed by atoms with E-state index in [-0.39, 0.29) is 12.3 Å². The average molecular weight is 533 g/mol. The molecule has 196 valence electrons. The molecule has 4 rings (SSSR count). The van der Waals surface area contributed by atoms with Gasteiger partial charge in [0.05, 0.1) is 28.7 Å². The second-order valence-corrected chi connectivity index (χ2v) is 9.52. The van der Waals surface area contributed by atoms with Crippen LogP contribution in [0, 0.1) is 21.4 Å². The molecule has 1 fully saturated rings. The maximum absolute atomic E-state index is 10.9. The molecule has 1 saturated carbocycles. The molecule has 8 heteroatoms. The van der Waals surface area contributed by atoms with E-state index in [9.17, 15) is 15.4 Å². The summed E-state index contributed by atoms with van der Waals surface area (Å²) in [6, 6.07) is 19.6. The van der Waals surface area contributed by atoms with Crippen LogP contribution in [-0.4, -0.2) is 25.2 Å². The van der Waals surface area contributed by atoms with E-state index >= 15 is 0 Å². The van der Waals surface area contributed by atoms with E-state index in [1.165, 1.54) is 69.0 Å². The van der Waals surface area contributed by atoms with Gasteiger partial charge in [0.25, 0.3) is 5.69 Å². The Kier molecular flexibility index (Phi) is 9.23. The number of nitriles is 1. The Morgan fingerprint density at radius 3 is 2.37 bits per heavy atom. The van der Waals surface area contributed by atoms with Crippen LogP contribution in [0.3, 0.4) is 0 Å². The van der Waals surface area contributed by atoms with Crippen molar-refractivity contribution in [2.24, 2.45) is 0 Å². The standard InChI is InChI=1S/C30H29ClN2O5/c1-36-29-19-21(17-25(20-32)24-7-11-26(12-8-24)33(34)35)18-28(31)30(29)38-16-15-37-27-13-9-23(10-14-27)22-5-3-2-4-6-22/h7-14,17-19,22H,2-6,15-16H2,1H3/b25-17-. The SMILES string of the molecule is COc1cc(/C=C(/C#N)c2ccc([N+](=O)[O-])cc2)cc(Cl)c1OCCOc1ccc(C2CCCCC2)cc1. The predicted molar refractivity (Wildman–Crippen MR) is 148 cm³/mol. The Balaban J connectivity index is 1.38. The highest BCUT2D eigenvalue weighted by molar-refractivity contribution is 6.32. The summed E-state index contributed by atoms with van der Waals surface area (Å²) < 4.78 is 17.2. The zero-order valence-electron chi connectivity index (χ0n) is 21.2. The predicted octanol–water partition coefficient (Wildman–Crippen LogP) is 7.83. The number of benzene rings is 3. The lowest BCUT2D eigenvalue weighted by Crippen LogP contribution is -2.10. The Labute approximate surface area is 227 Å². The minimum Gasteiger partial charge on any atom is -0.493 e. The van der Waals surface area contributed by atoms with Gasteiger partial charge in [-0.2, -0.15) is 5.26 Å². The summed E-state index contributed by atoms with van der Waals surface area (Å²) in [5.41, 5.74) is 2.85. The molecule has 7 nitrogen and oxygen atoms in total. The molecule has 0 spiro atoms. The molecule has 0 aliphatic heterocycles. The van der Waals surface area contributed by atoms with Gasteiger partial charge in [-0.05, 0) is 77.9 Å². The molecule has 3 aromatic rings. The van der Waals surface area contributed by atoms with Crippen LogP contribution in [0.1, 0.15) is 54.7 Å². The lowest BCUT2D eigenvalue weighted by molar-refractivity contribution is -0.384. The second-order valence-electron chi connectivity index (χ2n) is 9.11. The molecule has 0 unspecified atom stereocenters. The summed E-state index contributed by atoms with van der Waals surface area (Å²) in [6.07, 6.45) is 8.13. The van der Waals surface area contributed by atoms with E-state index in [0.29, 0.717) is 45.7 Å². The third-order valence-electron chi connectivity index (χ3n) is 6.63. The van der Waals surface area contributed by atoms with Crippen LogP contribution in [0.15, 0.2) is 60.7 Å². The lowest BCUT2D eigenvalue weighted by Gasteiger charge is -2.22. The van der Waals surface area contributed by atoms with Crippen molar-refractivity contribution in [3.8, 4) is 23.3 Å². The first-order chi connectivity index (χ1) is 18.5. The fourth-order valence-corrected chi connectivity index (χ4v) is 4.92. The number of rotatable bonds is 10. The molecule has 0 N–H and O–H groups in total. The molecule has 0 amide bonds. The lowest BCUT2D eigenvalue weighted by atomic mass is 9.84. The van der Waals surface area contributed by atoms with Gasteiger partial charge in [0, 0.05) is 12.1 Å². The number of nitro benzene ring substituents is 1. The Morgan fingerprint density at radius 1 is 1.05 bits per heavy atom. The Morgan fingerprint density at radius 2 is 1.74 bits per heavy atom. The van der Waals surface area contributed by atoms with Crippen molar-refractivity contribution in [2.45, 2.75) is 38.0 Å². The van der Waals surface area contributed by atoms with Crippen LogP contribution in [0.2, 0.25) is 5.02 Å². The Bertz CT molecular complexity index is 1320. The first-order valence-electron chi connectivity index (χ1n) is 12.6. The van der Waals surface area contributed by atoms with Gasteiger partial charge in [-0.25, -0.2) is 0 Å². The monoisotopic (exact) mass is 532 g/mol. The van der Waals surface area contributed by atoms with Crippen molar-refractivity contribution < 1.29 is 19.1 Å². The second kappa shape index (κ2) is 13.0. The molecular weight excluding hydrogens is 504 g/mol. The van der Waals surface area contributed by atoms with Crippen molar-refractivity contribution in [1.82, 2.24) is 0 Å². The third-order valence-corrected chi connectivity index (χ3v) is 6.91. The number of hydrogen-bond acceptors (Lipinski definition) is 6. The highest BCUT2D eigenvalue weighted by Gasteiger charge is 2.16. The van der Waals surface area contributed by atoms with E-state index in [4.69, 9.17) is 25.8 Å². The van der Waals surface area contributed by atoms with Crippen LogP contribution >= 0.6 is 11.6 Å². The topological polar surface area (TPSA) is 94.6 Å². The highest BCUT2D eigenvalue weighted by Crippen LogP contribution is 2.38. The third kappa shape index (κ3) is 6.84. The van der Waals surface area contributed by atoms with Gasteiger partial charge in [0.15, 0.2) is 11.5 Å². The maximum atomic E-state index is 10.9. The van der Waals surface area contributed by atoms with Crippen LogP contribution < -0.4 is 14.2 Å². The van der Waals surface area contributed by atoms with E-state index in [0.717, 1.165) is 5.75 Å². The maximum Gasteiger partial charge on any atom is 0.269 e. The molecule has 0 saturated heterocycles. The number of allylic oxidation sites excluding steroid dienone is 1. The fourth-order valence-electron chi connectivity index (χ4n) is 4.65. The number of non-ortho nitro benzene ring substituents is 1. The van der Waals surface area contributed by atoms with Crippen LogP contribution in [0.4, 0.5) is 5.69 Å². The van der Waals surface area contributed by atoms with Crippen LogP contribution in [0.25, 0.3) is 11.6 Å². The van der Waals surface area contributed by atoms with Crippen molar-refractivity contribution in [2.75, 3.05) is 20.3 Å². The summed E-state index contributed by atoms with van der Waals surface area (Å²) in [6.45, 7) is 0.602. The normalized spacial score (nSPS) is 14.0. The molecule has 38 heavy (non-hydrogen) atoms. The van der Waals surface area contributed by atoms with Crippen molar-refractivity contribution in [3.05, 3.63) is 92.5 Å². The first kappa shape index (κ1) is 27.0. The smallest absolute Gasteiger partial charge is 0.269 e. The van der Waals surface area contributed by atoms with Gasteiger partial charge in [0.2, 0.25) is 0 Å². The van der Waals surface area contributed by atoms with E-state index < -0.39 is 4.92 Å². The zero-order chi connectivity index (χ0) is 26.9. The fraction of sp³-hybridized carbons (Fsp3) is 0.300. The minimum atomic E-state index is -0.484. The summed E-state index contributed by atoms with van der Waals surface area (Å²) in [7, 11) is 1.51. The molecule has 0 radical (unpaired) electrons. The number of nitro groups is 1. The van der Waals surface area contributed by atoms with E-state index in [2.05, 4.69) is 18.2 Å². The zero-order valence-corrected chi connectivity index (χ0v) is 21.9. The molecule has 3 aromatic carbocycles. The molecule has 1 aliphatic rings. The van der Waals surface area contributed by atoms with Crippen molar-refractivity contribution in [3.63, 3.8) is 0 Å². The van der Waals surface area contributed by atoms with Crippen LogP contribution in [0.5, 0.6) is 17.2 Å². The first-order valence-corrected chi connectivity index (χ1v) is 13.0. The molecule has 0 atom stereocenters. The van der Waals surface area contributed by atoms with Gasteiger partial charge in [-0.3, -0.25) is 10.1 Å².